The Bertz CT molecular complexity index is 640. The van der Waals surface area contributed by atoms with E-state index in [4.69, 9.17) is 9.47 Å². The zero-order valence-electron chi connectivity index (χ0n) is 13.6. The first-order valence-corrected chi connectivity index (χ1v) is 8.55. The average molecular weight is 326 g/mol. The van der Waals surface area contributed by atoms with Gasteiger partial charge in [0, 0.05) is 43.6 Å². The Morgan fingerprint density at radius 1 is 1.08 bits per heavy atom. The molecule has 1 saturated carbocycles. The molecule has 1 aliphatic heterocycles. The summed E-state index contributed by atoms with van der Waals surface area (Å²) in [6, 6.07) is 8.78. The Labute approximate surface area is 141 Å². The zero-order valence-corrected chi connectivity index (χ0v) is 13.6. The van der Waals surface area contributed by atoms with Crippen molar-refractivity contribution in [2.24, 2.45) is 5.92 Å². The molecule has 2 aromatic rings. The van der Waals surface area contributed by atoms with Crippen molar-refractivity contribution in [3.05, 3.63) is 48.5 Å². The van der Waals surface area contributed by atoms with E-state index in [0.29, 0.717) is 24.6 Å². The van der Waals surface area contributed by atoms with Crippen LogP contribution in [0.4, 0.5) is 0 Å². The summed E-state index contributed by atoms with van der Waals surface area (Å²) >= 11 is 0. The summed E-state index contributed by atoms with van der Waals surface area (Å²) in [4.78, 5) is 15.2. The number of morpholine rings is 1. The predicted octanol–water partition coefficient (Wildman–Crippen LogP) is 1.93. The summed E-state index contributed by atoms with van der Waals surface area (Å²) < 4.78 is 11.8. The standard InChI is InChI=1S/C18H22N4O2/c1-2-7-19-15(4-1)12-22-10-11-23-17-14(5-6-16(17)22)13-24-18-20-8-3-9-21-18/h1-4,7-9,14,16-17H,5-6,10-13H2. The molecule has 0 radical (unpaired) electrons. The van der Waals surface area contributed by atoms with Crippen LogP contribution in [0.3, 0.4) is 0 Å². The molecule has 2 aliphatic rings. The lowest BCUT2D eigenvalue weighted by molar-refractivity contribution is -0.0822. The quantitative estimate of drug-likeness (QED) is 0.837. The predicted molar refractivity (Wildman–Crippen MR) is 88.4 cm³/mol. The monoisotopic (exact) mass is 326 g/mol. The van der Waals surface area contributed by atoms with E-state index >= 15 is 0 Å². The van der Waals surface area contributed by atoms with Crippen LogP contribution in [0.1, 0.15) is 18.5 Å². The maximum Gasteiger partial charge on any atom is 0.316 e. The van der Waals surface area contributed by atoms with Crippen LogP contribution >= 0.6 is 0 Å². The third-order valence-electron chi connectivity index (χ3n) is 4.89. The second-order valence-electron chi connectivity index (χ2n) is 6.37. The van der Waals surface area contributed by atoms with Gasteiger partial charge < -0.3 is 9.47 Å². The minimum Gasteiger partial charge on any atom is -0.463 e. The van der Waals surface area contributed by atoms with Gasteiger partial charge in [0.25, 0.3) is 0 Å². The molecule has 1 aliphatic carbocycles. The van der Waals surface area contributed by atoms with Gasteiger partial charge in [0.05, 0.1) is 25.0 Å². The van der Waals surface area contributed by atoms with Gasteiger partial charge in [-0.2, -0.15) is 0 Å². The highest BCUT2D eigenvalue weighted by Crippen LogP contribution is 2.35. The topological polar surface area (TPSA) is 60.4 Å². The first-order chi connectivity index (χ1) is 11.9. The van der Waals surface area contributed by atoms with E-state index in [-0.39, 0.29) is 6.10 Å². The fourth-order valence-corrected chi connectivity index (χ4v) is 3.75. The van der Waals surface area contributed by atoms with Crippen molar-refractivity contribution in [3.8, 4) is 6.01 Å². The Balaban J connectivity index is 1.37. The van der Waals surface area contributed by atoms with Crippen molar-refractivity contribution >= 4 is 0 Å². The first kappa shape index (κ1) is 15.5. The number of ether oxygens (including phenoxy) is 2. The molecule has 0 bridgehead atoms. The molecule has 0 aromatic carbocycles. The largest absolute Gasteiger partial charge is 0.463 e. The summed E-state index contributed by atoms with van der Waals surface area (Å²) in [5, 5.41) is 0. The third-order valence-corrected chi connectivity index (χ3v) is 4.89. The third kappa shape index (κ3) is 3.39. The minimum atomic E-state index is 0.228. The van der Waals surface area contributed by atoms with Crippen molar-refractivity contribution in [2.75, 3.05) is 19.8 Å². The lowest BCUT2D eigenvalue weighted by atomic mass is 10.0. The summed E-state index contributed by atoms with van der Waals surface area (Å²) in [6.07, 6.45) is 7.74. The molecule has 6 heteroatoms. The van der Waals surface area contributed by atoms with Crippen LogP contribution in [-0.2, 0) is 11.3 Å². The SMILES string of the molecule is c1ccc(CN2CCOC3C(COc4ncccn4)CCC32)nc1. The molecule has 6 nitrogen and oxygen atoms in total. The smallest absolute Gasteiger partial charge is 0.316 e. The summed E-state index contributed by atoms with van der Waals surface area (Å²) in [6.45, 7) is 3.24. The summed E-state index contributed by atoms with van der Waals surface area (Å²) in [5.41, 5.74) is 1.12. The van der Waals surface area contributed by atoms with E-state index in [1.165, 1.54) is 0 Å². The molecule has 24 heavy (non-hydrogen) atoms. The molecule has 3 unspecified atom stereocenters. The van der Waals surface area contributed by atoms with E-state index < -0.39 is 0 Å². The zero-order chi connectivity index (χ0) is 16.2. The van der Waals surface area contributed by atoms with Crippen LogP contribution in [0, 0.1) is 5.92 Å². The van der Waals surface area contributed by atoms with E-state index in [1.54, 1.807) is 18.5 Å². The maximum absolute atomic E-state index is 6.09. The van der Waals surface area contributed by atoms with Gasteiger partial charge >= 0.3 is 6.01 Å². The molecule has 0 amide bonds. The Morgan fingerprint density at radius 3 is 2.79 bits per heavy atom. The van der Waals surface area contributed by atoms with Crippen molar-refractivity contribution < 1.29 is 9.47 Å². The van der Waals surface area contributed by atoms with Crippen LogP contribution in [0.25, 0.3) is 0 Å². The van der Waals surface area contributed by atoms with Gasteiger partial charge in [-0.15, -0.1) is 0 Å². The van der Waals surface area contributed by atoms with E-state index in [9.17, 15) is 0 Å². The van der Waals surface area contributed by atoms with Crippen LogP contribution < -0.4 is 4.74 Å². The average Bonchev–Trinajstić information content (AvgIpc) is 3.06. The normalized spacial score (nSPS) is 26.9. The number of hydrogen-bond donors (Lipinski definition) is 0. The molecule has 3 atom stereocenters. The maximum atomic E-state index is 6.09. The van der Waals surface area contributed by atoms with Crippen molar-refractivity contribution in [3.63, 3.8) is 0 Å². The molecular formula is C18H22N4O2. The Hall–Kier alpha value is -2.05. The number of pyridine rings is 1. The van der Waals surface area contributed by atoms with Crippen LogP contribution in [0.15, 0.2) is 42.9 Å². The molecule has 126 valence electrons. The van der Waals surface area contributed by atoms with Crippen molar-refractivity contribution in [1.29, 1.82) is 0 Å². The summed E-state index contributed by atoms with van der Waals surface area (Å²) in [5.74, 6) is 0.394. The van der Waals surface area contributed by atoms with Gasteiger partial charge in [0.1, 0.15) is 0 Å². The molecule has 0 N–H and O–H groups in total. The minimum absolute atomic E-state index is 0.228. The second-order valence-corrected chi connectivity index (χ2v) is 6.37. The van der Waals surface area contributed by atoms with Gasteiger partial charge in [0.2, 0.25) is 0 Å². The fourth-order valence-electron chi connectivity index (χ4n) is 3.75. The Kier molecular flexibility index (Phi) is 4.66. The van der Waals surface area contributed by atoms with Crippen LogP contribution in [0.5, 0.6) is 6.01 Å². The van der Waals surface area contributed by atoms with Gasteiger partial charge in [0.15, 0.2) is 0 Å². The highest BCUT2D eigenvalue weighted by Gasteiger charge is 2.43. The highest BCUT2D eigenvalue weighted by molar-refractivity contribution is 5.05. The first-order valence-electron chi connectivity index (χ1n) is 8.55. The molecule has 3 heterocycles. The number of nitrogens with zero attached hydrogens (tertiary/aromatic N) is 4. The number of fused-ring (bicyclic) bond motifs is 1. The van der Waals surface area contributed by atoms with Gasteiger partial charge in [-0.1, -0.05) is 6.07 Å². The van der Waals surface area contributed by atoms with Gasteiger partial charge in [-0.05, 0) is 31.0 Å². The molecule has 1 saturated heterocycles. The molecular weight excluding hydrogens is 304 g/mol. The lowest BCUT2D eigenvalue weighted by Crippen LogP contribution is -2.50. The van der Waals surface area contributed by atoms with Gasteiger partial charge in [-0.25, -0.2) is 9.97 Å². The van der Waals surface area contributed by atoms with E-state index in [1.807, 2.05) is 18.3 Å². The van der Waals surface area contributed by atoms with Crippen LogP contribution in [0.2, 0.25) is 0 Å². The lowest BCUT2D eigenvalue weighted by Gasteiger charge is -2.39. The number of aromatic nitrogens is 3. The molecule has 4 rings (SSSR count). The van der Waals surface area contributed by atoms with Crippen LogP contribution in [-0.4, -0.2) is 51.8 Å². The van der Waals surface area contributed by atoms with Crippen molar-refractivity contribution in [2.45, 2.75) is 31.5 Å². The van der Waals surface area contributed by atoms with E-state index in [0.717, 1.165) is 38.2 Å². The molecule has 2 fully saturated rings. The van der Waals surface area contributed by atoms with Gasteiger partial charge in [-0.3, -0.25) is 9.88 Å². The fraction of sp³-hybridized carbons (Fsp3) is 0.500. The molecule has 2 aromatic heterocycles. The Morgan fingerprint density at radius 2 is 1.96 bits per heavy atom. The van der Waals surface area contributed by atoms with E-state index in [2.05, 4.69) is 25.9 Å². The summed E-state index contributed by atoms with van der Waals surface area (Å²) in [7, 11) is 0. The molecule has 0 spiro atoms. The highest BCUT2D eigenvalue weighted by atomic mass is 16.5. The number of hydrogen-bond acceptors (Lipinski definition) is 6. The number of rotatable bonds is 5. The second kappa shape index (κ2) is 7.23. The van der Waals surface area contributed by atoms with Crippen molar-refractivity contribution in [1.82, 2.24) is 19.9 Å².